The van der Waals surface area contributed by atoms with Crippen LogP contribution in [-0.4, -0.2) is 60.3 Å². The van der Waals surface area contributed by atoms with Crippen LogP contribution in [0.5, 0.6) is 0 Å². The second-order valence-corrected chi connectivity index (χ2v) is 6.23. The predicted octanol–water partition coefficient (Wildman–Crippen LogP) is -0.300. The van der Waals surface area contributed by atoms with E-state index in [1.807, 2.05) is 4.90 Å². The van der Waals surface area contributed by atoms with Gasteiger partial charge < -0.3 is 20.6 Å². The lowest BCUT2D eigenvalue weighted by atomic mass is 9.84. The monoisotopic (exact) mass is 267 g/mol. The molecule has 1 aliphatic carbocycles. The molecule has 108 valence electrons. The smallest absolute Gasteiger partial charge is 0.225 e. The molecule has 0 spiro atoms. The molecule has 3 rings (SSSR count). The summed E-state index contributed by atoms with van der Waals surface area (Å²) in [7, 11) is 0. The molecular weight excluding hydrogens is 242 g/mol. The minimum atomic E-state index is -0.269. The largest absolute Gasteiger partial charge is 0.390 e. The van der Waals surface area contributed by atoms with E-state index in [0.717, 1.165) is 45.3 Å². The van der Waals surface area contributed by atoms with E-state index in [9.17, 15) is 9.90 Å². The van der Waals surface area contributed by atoms with E-state index in [2.05, 4.69) is 10.6 Å². The molecule has 3 aliphatic rings. The minimum absolute atomic E-state index is 0.180. The van der Waals surface area contributed by atoms with Crippen molar-refractivity contribution in [3.05, 3.63) is 0 Å². The van der Waals surface area contributed by atoms with Crippen molar-refractivity contribution in [3.63, 3.8) is 0 Å². The molecule has 5 heteroatoms. The molecule has 2 unspecified atom stereocenters. The number of hydrogen-bond acceptors (Lipinski definition) is 4. The first-order valence-corrected chi connectivity index (χ1v) is 7.67. The molecule has 5 nitrogen and oxygen atoms in total. The number of likely N-dealkylation sites (tertiary alicyclic amines) is 1. The van der Waals surface area contributed by atoms with Gasteiger partial charge in [0.25, 0.3) is 0 Å². The van der Waals surface area contributed by atoms with Crippen molar-refractivity contribution in [2.45, 2.75) is 50.3 Å². The summed E-state index contributed by atoms with van der Waals surface area (Å²) in [5, 5.41) is 16.5. The Morgan fingerprint density at radius 3 is 2.42 bits per heavy atom. The van der Waals surface area contributed by atoms with E-state index in [0.29, 0.717) is 24.4 Å². The number of carbonyl (C=O) groups excluding carboxylic acids is 1. The summed E-state index contributed by atoms with van der Waals surface area (Å²) in [6.45, 7) is 3.30. The Morgan fingerprint density at radius 2 is 1.89 bits per heavy atom. The topological polar surface area (TPSA) is 64.6 Å². The van der Waals surface area contributed by atoms with Crippen LogP contribution in [0.2, 0.25) is 0 Å². The van der Waals surface area contributed by atoms with Gasteiger partial charge in [-0.25, -0.2) is 0 Å². The summed E-state index contributed by atoms with van der Waals surface area (Å²) in [4.78, 5) is 14.2. The average molecular weight is 267 g/mol. The summed E-state index contributed by atoms with van der Waals surface area (Å²) < 4.78 is 0. The van der Waals surface area contributed by atoms with Gasteiger partial charge >= 0.3 is 0 Å². The minimum Gasteiger partial charge on any atom is -0.390 e. The first-order chi connectivity index (χ1) is 9.24. The van der Waals surface area contributed by atoms with Gasteiger partial charge in [-0.3, -0.25) is 4.79 Å². The standard InChI is InChI=1S/C14H25N3O2/c18-13-9-15-8-12(13)16-11-4-6-17(7-5-11)14(19)10-2-1-3-10/h10-13,15-16,18H,1-9H2. The number of aliphatic hydroxyl groups excluding tert-OH is 1. The zero-order chi connectivity index (χ0) is 13.2. The predicted molar refractivity (Wildman–Crippen MR) is 72.7 cm³/mol. The maximum atomic E-state index is 12.1. The van der Waals surface area contributed by atoms with E-state index in [-0.39, 0.29) is 12.1 Å². The lowest BCUT2D eigenvalue weighted by Crippen LogP contribution is -2.52. The Labute approximate surface area is 114 Å². The van der Waals surface area contributed by atoms with Crippen LogP contribution >= 0.6 is 0 Å². The van der Waals surface area contributed by atoms with Gasteiger partial charge in [0.2, 0.25) is 5.91 Å². The highest BCUT2D eigenvalue weighted by Crippen LogP contribution is 2.29. The van der Waals surface area contributed by atoms with Crippen molar-refractivity contribution < 1.29 is 9.90 Å². The lowest BCUT2D eigenvalue weighted by molar-refractivity contribution is -0.139. The second kappa shape index (κ2) is 5.77. The molecule has 2 heterocycles. The molecule has 0 aromatic heterocycles. The van der Waals surface area contributed by atoms with E-state index in [1.165, 1.54) is 6.42 Å². The van der Waals surface area contributed by atoms with Crippen LogP contribution in [0.15, 0.2) is 0 Å². The Bertz CT molecular complexity index is 325. The highest BCUT2D eigenvalue weighted by Gasteiger charge is 2.33. The number of piperidine rings is 1. The zero-order valence-electron chi connectivity index (χ0n) is 11.5. The van der Waals surface area contributed by atoms with Gasteiger partial charge in [0.05, 0.1) is 6.10 Å². The number of hydrogen-bond donors (Lipinski definition) is 3. The van der Waals surface area contributed by atoms with E-state index >= 15 is 0 Å². The maximum absolute atomic E-state index is 12.1. The Kier molecular flexibility index (Phi) is 4.05. The third-order valence-corrected chi connectivity index (χ3v) is 4.89. The van der Waals surface area contributed by atoms with Crippen molar-refractivity contribution in [2.24, 2.45) is 5.92 Å². The van der Waals surface area contributed by atoms with Gasteiger partial charge in [0.1, 0.15) is 0 Å². The third-order valence-electron chi connectivity index (χ3n) is 4.89. The molecule has 2 atom stereocenters. The van der Waals surface area contributed by atoms with E-state index in [1.54, 1.807) is 0 Å². The molecular formula is C14H25N3O2. The normalized spacial score (nSPS) is 33.4. The molecule has 0 aromatic carbocycles. The molecule has 2 saturated heterocycles. The molecule has 1 amide bonds. The van der Waals surface area contributed by atoms with Crippen molar-refractivity contribution in [1.29, 1.82) is 0 Å². The fraction of sp³-hybridized carbons (Fsp3) is 0.929. The van der Waals surface area contributed by atoms with E-state index in [4.69, 9.17) is 0 Å². The van der Waals surface area contributed by atoms with Crippen LogP contribution in [0.25, 0.3) is 0 Å². The number of rotatable bonds is 3. The van der Waals surface area contributed by atoms with Gasteiger partial charge in [-0.05, 0) is 25.7 Å². The quantitative estimate of drug-likeness (QED) is 0.657. The van der Waals surface area contributed by atoms with Crippen molar-refractivity contribution in [1.82, 2.24) is 15.5 Å². The van der Waals surface area contributed by atoms with E-state index < -0.39 is 0 Å². The lowest BCUT2D eigenvalue weighted by Gasteiger charge is -2.37. The Morgan fingerprint density at radius 1 is 1.16 bits per heavy atom. The van der Waals surface area contributed by atoms with Crippen LogP contribution in [0.1, 0.15) is 32.1 Å². The van der Waals surface area contributed by atoms with Crippen molar-refractivity contribution in [3.8, 4) is 0 Å². The Balaban J connectivity index is 1.42. The number of aliphatic hydroxyl groups is 1. The molecule has 3 fully saturated rings. The van der Waals surface area contributed by atoms with Gasteiger partial charge in [0, 0.05) is 44.2 Å². The van der Waals surface area contributed by atoms with Crippen LogP contribution in [0, 0.1) is 5.92 Å². The van der Waals surface area contributed by atoms with Gasteiger partial charge in [-0.15, -0.1) is 0 Å². The molecule has 1 saturated carbocycles. The summed E-state index contributed by atoms with van der Waals surface area (Å²) in [5.74, 6) is 0.706. The van der Waals surface area contributed by atoms with Crippen molar-refractivity contribution >= 4 is 5.91 Å². The first kappa shape index (κ1) is 13.3. The van der Waals surface area contributed by atoms with Gasteiger partial charge in [-0.1, -0.05) is 6.42 Å². The number of nitrogens with zero attached hydrogens (tertiary/aromatic N) is 1. The Hall–Kier alpha value is -0.650. The fourth-order valence-electron chi connectivity index (χ4n) is 3.32. The number of nitrogens with one attached hydrogen (secondary N) is 2. The summed E-state index contributed by atoms with van der Waals surface area (Å²) in [6.07, 6.45) is 5.17. The molecule has 0 aromatic rings. The summed E-state index contributed by atoms with van der Waals surface area (Å²) >= 11 is 0. The van der Waals surface area contributed by atoms with Crippen LogP contribution < -0.4 is 10.6 Å². The van der Waals surface area contributed by atoms with Crippen LogP contribution in [0.4, 0.5) is 0 Å². The highest BCUT2D eigenvalue weighted by molar-refractivity contribution is 5.79. The average Bonchev–Trinajstić information content (AvgIpc) is 2.74. The van der Waals surface area contributed by atoms with Crippen LogP contribution in [-0.2, 0) is 4.79 Å². The van der Waals surface area contributed by atoms with Gasteiger partial charge in [-0.2, -0.15) is 0 Å². The van der Waals surface area contributed by atoms with Crippen LogP contribution in [0.3, 0.4) is 0 Å². The molecule has 2 aliphatic heterocycles. The van der Waals surface area contributed by atoms with Gasteiger partial charge in [0.15, 0.2) is 0 Å². The third kappa shape index (κ3) is 2.93. The highest BCUT2D eigenvalue weighted by atomic mass is 16.3. The molecule has 19 heavy (non-hydrogen) atoms. The second-order valence-electron chi connectivity index (χ2n) is 6.23. The molecule has 3 N–H and O–H groups in total. The fourth-order valence-corrected chi connectivity index (χ4v) is 3.32. The number of amides is 1. The summed E-state index contributed by atoms with van der Waals surface area (Å²) in [6, 6.07) is 0.629. The first-order valence-electron chi connectivity index (χ1n) is 7.67. The van der Waals surface area contributed by atoms with Crippen molar-refractivity contribution in [2.75, 3.05) is 26.2 Å². The zero-order valence-corrected chi connectivity index (χ0v) is 11.5. The molecule has 0 radical (unpaired) electrons. The maximum Gasteiger partial charge on any atom is 0.225 e. The molecule has 0 bridgehead atoms. The summed E-state index contributed by atoms with van der Waals surface area (Å²) in [5.41, 5.74) is 0. The SMILES string of the molecule is O=C(C1CCC1)N1CCC(NC2CNCC2O)CC1. The number of β-amino-alcohol motifs (C(OH)–C–C–N with tert-alkyl or cyclic N) is 1. The number of carbonyl (C=O) groups is 1.